The molecule has 1 heterocycles. The number of rotatable bonds is 9. The van der Waals surface area contributed by atoms with E-state index in [1.807, 2.05) is 0 Å². The van der Waals surface area contributed by atoms with E-state index in [0.29, 0.717) is 36.6 Å². The molecular formula is C24H31N3O6S. The number of amides is 2. The molecule has 1 aliphatic heterocycles. The van der Waals surface area contributed by atoms with Gasteiger partial charge in [-0.25, -0.2) is 8.42 Å². The van der Waals surface area contributed by atoms with Crippen LogP contribution in [-0.2, 0) is 26.0 Å². The largest absolute Gasteiger partial charge is 0.497 e. The van der Waals surface area contributed by atoms with Crippen molar-refractivity contribution in [1.29, 1.82) is 0 Å². The number of hydrogen-bond donors (Lipinski definition) is 2. The fourth-order valence-electron chi connectivity index (χ4n) is 3.84. The van der Waals surface area contributed by atoms with E-state index < -0.39 is 22.0 Å². The van der Waals surface area contributed by atoms with Crippen LogP contribution in [-0.4, -0.2) is 47.0 Å². The molecule has 0 unspecified atom stereocenters. The van der Waals surface area contributed by atoms with Gasteiger partial charge in [0.05, 0.1) is 24.8 Å². The highest BCUT2D eigenvalue weighted by atomic mass is 32.2. The van der Waals surface area contributed by atoms with Gasteiger partial charge in [-0.2, -0.15) is 4.72 Å². The Labute approximate surface area is 200 Å². The Bertz CT molecular complexity index is 1180. The van der Waals surface area contributed by atoms with E-state index in [1.54, 1.807) is 56.0 Å². The van der Waals surface area contributed by atoms with Gasteiger partial charge in [-0.05, 0) is 48.2 Å². The topological polar surface area (TPSA) is 114 Å². The molecule has 0 spiro atoms. The molecule has 2 N–H and O–H groups in total. The summed E-state index contributed by atoms with van der Waals surface area (Å²) in [6.45, 7) is 5.84. The fourth-order valence-corrected chi connectivity index (χ4v) is 5.23. The summed E-state index contributed by atoms with van der Waals surface area (Å²) < 4.78 is 39.4. The summed E-state index contributed by atoms with van der Waals surface area (Å²) in [5, 5.41) is 2.74. The van der Waals surface area contributed by atoms with Gasteiger partial charge in [0.1, 0.15) is 17.5 Å². The summed E-state index contributed by atoms with van der Waals surface area (Å²) in [5.41, 5.74) is 1.92. The quantitative estimate of drug-likeness (QED) is 0.560. The number of nitrogens with zero attached hydrogens (tertiary/aromatic N) is 1. The molecule has 184 valence electrons. The Morgan fingerprint density at radius 2 is 1.82 bits per heavy atom. The van der Waals surface area contributed by atoms with Crippen LogP contribution in [0.15, 0.2) is 41.3 Å². The SMILES string of the molecule is CCC(=O)N1CCc2cc(S(=O)(=O)N[C@@H](C(=O)Nc3ccc(OC)cc3OC)C(C)C)ccc21. The molecule has 9 nitrogen and oxygen atoms in total. The van der Waals surface area contributed by atoms with Crippen LogP contribution in [0.4, 0.5) is 11.4 Å². The second-order valence-corrected chi connectivity index (χ2v) is 10.1. The van der Waals surface area contributed by atoms with Crippen molar-refractivity contribution in [3.63, 3.8) is 0 Å². The Balaban J connectivity index is 1.81. The molecule has 0 saturated heterocycles. The number of carbonyl (C=O) groups is 2. The second-order valence-electron chi connectivity index (χ2n) is 8.34. The van der Waals surface area contributed by atoms with Crippen LogP contribution in [0, 0.1) is 5.92 Å². The van der Waals surface area contributed by atoms with Crippen molar-refractivity contribution in [1.82, 2.24) is 4.72 Å². The Kier molecular flexibility index (Phi) is 7.83. The third-order valence-electron chi connectivity index (χ3n) is 5.76. The molecule has 2 amide bonds. The third-order valence-corrected chi connectivity index (χ3v) is 7.20. The van der Waals surface area contributed by atoms with Crippen LogP contribution in [0.25, 0.3) is 0 Å². The lowest BCUT2D eigenvalue weighted by Crippen LogP contribution is -2.47. The van der Waals surface area contributed by atoms with Crippen molar-refractivity contribution in [2.24, 2.45) is 5.92 Å². The standard InChI is InChI=1S/C24H31N3O6S/c1-6-22(28)27-12-11-16-13-18(8-10-20(16)27)34(30,31)26-23(15(2)3)24(29)25-19-9-7-17(32-4)14-21(19)33-5/h7-10,13-15,23,26H,6,11-12H2,1-5H3,(H,25,29)/t23-/m1/s1. The molecule has 2 aromatic carbocycles. The first-order valence-electron chi connectivity index (χ1n) is 11.1. The van der Waals surface area contributed by atoms with Crippen LogP contribution < -0.4 is 24.4 Å². The number of nitrogens with one attached hydrogen (secondary N) is 2. The van der Waals surface area contributed by atoms with Gasteiger partial charge >= 0.3 is 0 Å². The lowest BCUT2D eigenvalue weighted by molar-refractivity contribution is -0.119. The minimum Gasteiger partial charge on any atom is -0.497 e. The van der Waals surface area contributed by atoms with Crippen LogP contribution in [0.3, 0.4) is 0 Å². The minimum absolute atomic E-state index is 0.00187. The van der Waals surface area contributed by atoms with Gasteiger partial charge in [-0.1, -0.05) is 20.8 Å². The zero-order chi connectivity index (χ0) is 25.0. The Hall–Kier alpha value is -3.11. The zero-order valence-corrected chi connectivity index (χ0v) is 20.9. The van der Waals surface area contributed by atoms with Gasteiger partial charge in [-0.3, -0.25) is 9.59 Å². The molecule has 3 rings (SSSR count). The molecule has 0 bridgehead atoms. The van der Waals surface area contributed by atoms with Crippen LogP contribution in [0.2, 0.25) is 0 Å². The van der Waals surface area contributed by atoms with Gasteiger partial charge in [0.2, 0.25) is 21.8 Å². The predicted octanol–water partition coefficient (Wildman–Crippen LogP) is 2.94. The highest BCUT2D eigenvalue weighted by Crippen LogP contribution is 2.31. The summed E-state index contributed by atoms with van der Waals surface area (Å²) in [5.74, 6) is 0.113. The van der Waals surface area contributed by atoms with E-state index in [9.17, 15) is 18.0 Å². The van der Waals surface area contributed by atoms with E-state index in [-0.39, 0.29) is 16.7 Å². The Morgan fingerprint density at radius 1 is 1.09 bits per heavy atom. The fraction of sp³-hybridized carbons (Fsp3) is 0.417. The number of ether oxygens (including phenoxy) is 2. The minimum atomic E-state index is -4.00. The first-order valence-corrected chi connectivity index (χ1v) is 12.6. The second kappa shape index (κ2) is 10.4. The Morgan fingerprint density at radius 3 is 2.44 bits per heavy atom. The normalized spacial score (nSPS) is 14.0. The summed E-state index contributed by atoms with van der Waals surface area (Å²) >= 11 is 0. The van der Waals surface area contributed by atoms with E-state index in [2.05, 4.69) is 10.0 Å². The van der Waals surface area contributed by atoms with Crippen LogP contribution in [0.1, 0.15) is 32.8 Å². The van der Waals surface area contributed by atoms with Gasteiger partial charge < -0.3 is 19.7 Å². The number of benzene rings is 2. The maximum Gasteiger partial charge on any atom is 0.242 e. The van der Waals surface area contributed by atoms with Crippen molar-refractivity contribution in [3.8, 4) is 11.5 Å². The summed E-state index contributed by atoms with van der Waals surface area (Å²) in [6.07, 6.45) is 0.959. The lowest BCUT2D eigenvalue weighted by atomic mass is 10.0. The molecule has 0 aliphatic carbocycles. The van der Waals surface area contributed by atoms with Gasteiger partial charge in [0.25, 0.3) is 0 Å². The van der Waals surface area contributed by atoms with Crippen molar-refractivity contribution in [2.45, 2.75) is 44.6 Å². The molecule has 2 aromatic rings. The van der Waals surface area contributed by atoms with E-state index in [1.165, 1.54) is 20.3 Å². The van der Waals surface area contributed by atoms with Gasteiger partial charge in [-0.15, -0.1) is 0 Å². The number of hydrogen-bond acceptors (Lipinski definition) is 6. The van der Waals surface area contributed by atoms with Crippen LogP contribution >= 0.6 is 0 Å². The molecule has 34 heavy (non-hydrogen) atoms. The average Bonchev–Trinajstić information content (AvgIpc) is 3.25. The molecule has 0 radical (unpaired) electrons. The highest BCUT2D eigenvalue weighted by Gasteiger charge is 2.31. The highest BCUT2D eigenvalue weighted by molar-refractivity contribution is 7.89. The molecular weight excluding hydrogens is 458 g/mol. The van der Waals surface area contributed by atoms with Gasteiger partial charge in [0.15, 0.2) is 0 Å². The summed E-state index contributed by atoms with van der Waals surface area (Å²) in [4.78, 5) is 26.9. The number of carbonyl (C=O) groups excluding carboxylic acids is 2. The van der Waals surface area contributed by atoms with E-state index >= 15 is 0 Å². The predicted molar refractivity (Wildman–Crippen MR) is 130 cm³/mol. The van der Waals surface area contributed by atoms with E-state index in [0.717, 1.165) is 11.3 Å². The molecule has 1 aliphatic rings. The smallest absolute Gasteiger partial charge is 0.242 e. The first-order chi connectivity index (χ1) is 16.1. The molecule has 0 aromatic heterocycles. The van der Waals surface area contributed by atoms with Gasteiger partial charge in [0, 0.05) is 24.7 Å². The third kappa shape index (κ3) is 5.34. The van der Waals surface area contributed by atoms with Crippen molar-refractivity contribution < 1.29 is 27.5 Å². The average molecular weight is 490 g/mol. The monoisotopic (exact) mass is 489 g/mol. The first kappa shape index (κ1) is 25.5. The van der Waals surface area contributed by atoms with Crippen LogP contribution in [0.5, 0.6) is 11.5 Å². The molecule has 0 saturated carbocycles. The number of fused-ring (bicyclic) bond motifs is 1. The molecule has 0 fully saturated rings. The summed E-state index contributed by atoms with van der Waals surface area (Å²) in [7, 11) is -1.01. The van der Waals surface area contributed by atoms with Crippen molar-refractivity contribution >= 4 is 33.2 Å². The van der Waals surface area contributed by atoms with Crippen molar-refractivity contribution in [3.05, 3.63) is 42.0 Å². The number of anilines is 2. The number of methoxy groups -OCH3 is 2. The molecule has 10 heteroatoms. The maximum atomic E-state index is 13.2. The maximum absolute atomic E-state index is 13.2. The lowest BCUT2D eigenvalue weighted by Gasteiger charge is -2.23. The molecule has 1 atom stereocenters. The summed E-state index contributed by atoms with van der Waals surface area (Å²) in [6, 6.07) is 8.59. The van der Waals surface area contributed by atoms with Crippen molar-refractivity contribution in [2.75, 3.05) is 31.0 Å². The number of sulfonamides is 1. The zero-order valence-electron chi connectivity index (χ0n) is 20.0. The van der Waals surface area contributed by atoms with E-state index in [4.69, 9.17) is 9.47 Å².